The molecule has 0 amide bonds. The molecule has 0 bridgehead atoms. The maximum Gasteiger partial charge on any atom is 0.297 e. The van der Waals surface area contributed by atoms with Gasteiger partial charge in [0.1, 0.15) is 0 Å². The second-order valence-corrected chi connectivity index (χ2v) is 10.7. The molecule has 46 heavy (non-hydrogen) atoms. The van der Waals surface area contributed by atoms with Gasteiger partial charge in [0.2, 0.25) is 0 Å². The summed E-state index contributed by atoms with van der Waals surface area (Å²) in [7, 11) is -3.76. The minimum absolute atomic E-state index is 0.0592. The summed E-state index contributed by atoms with van der Waals surface area (Å²) in [5, 5.41) is 0. The molecule has 0 aliphatic rings. The van der Waals surface area contributed by atoms with Gasteiger partial charge in [-0.3, -0.25) is 4.18 Å². The highest BCUT2D eigenvalue weighted by atomic mass is 32.2. The van der Waals surface area contributed by atoms with Crippen LogP contribution in [0.15, 0.2) is 35.2 Å². The first kappa shape index (κ1) is 42.7. The summed E-state index contributed by atoms with van der Waals surface area (Å²) < 4.78 is 88.2. The minimum atomic E-state index is -3.76. The van der Waals surface area contributed by atoms with E-state index in [1.807, 2.05) is 0 Å². The summed E-state index contributed by atoms with van der Waals surface area (Å²) in [6.45, 7) is 10.7. The molecule has 0 radical (unpaired) electrons. The SMILES string of the molecule is NCCOCCOCCOCCOCCOCCOCCOCCOCCOCCOCCOCCOS(=O)(=O)c1ccccc1. The van der Waals surface area contributed by atoms with Crippen LogP contribution >= 0.6 is 0 Å². The van der Waals surface area contributed by atoms with Crippen molar-refractivity contribution >= 4 is 10.1 Å². The van der Waals surface area contributed by atoms with Crippen LogP contribution in [-0.2, 0) is 66.4 Å². The molecule has 1 aromatic rings. The molecular formula is C30H55NO14S. The summed E-state index contributed by atoms with van der Waals surface area (Å²) in [6, 6.07) is 7.97. The summed E-state index contributed by atoms with van der Waals surface area (Å²) >= 11 is 0. The van der Waals surface area contributed by atoms with Gasteiger partial charge >= 0.3 is 0 Å². The third-order valence-corrected chi connectivity index (χ3v) is 6.81. The van der Waals surface area contributed by atoms with E-state index in [0.717, 1.165) is 0 Å². The van der Waals surface area contributed by atoms with Gasteiger partial charge in [-0.1, -0.05) is 18.2 Å². The van der Waals surface area contributed by atoms with Gasteiger partial charge in [0.15, 0.2) is 0 Å². The zero-order chi connectivity index (χ0) is 33.1. The molecular weight excluding hydrogens is 630 g/mol. The van der Waals surface area contributed by atoms with Crippen molar-refractivity contribution in [1.82, 2.24) is 0 Å². The lowest BCUT2D eigenvalue weighted by Crippen LogP contribution is -2.16. The Bertz CT molecular complexity index is 853. The molecule has 15 nitrogen and oxygen atoms in total. The van der Waals surface area contributed by atoms with Gasteiger partial charge in [-0.2, -0.15) is 8.42 Å². The largest absolute Gasteiger partial charge is 0.378 e. The van der Waals surface area contributed by atoms with Crippen molar-refractivity contribution < 1.29 is 64.7 Å². The van der Waals surface area contributed by atoms with E-state index in [-0.39, 0.29) is 18.1 Å². The topological polar surface area (TPSA) is 171 Å². The fraction of sp³-hybridized carbons (Fsp3) is 0.800. The maximum atomic E-state index is 12.0. The summed E-state index contributed by atoms with van der Waals surface area (Å²) in [5.74, 6) is 0. The normalized spacial score (nSPS) is 11.8. The van der Waals surface area contributed by atoms with Crippen molar-refractivity contribution in [3.8, 4) is 0 Å². The maximum absolute atomic E-state index is 12.0. The van der Waals surface area contributed by atoms with Gasteiger partial charge in [-0.25, -0.2) is 0 Å². The Morgan fingerprint density at radius 3 is 0.870 bits per heavy atom. The molecule has 0 heterocycles. The third-order valence-electron chi connectivity index (χ3n) is 5.48. The summed E-state index contributed by atoms with van der Waals surface area (Å²) in [6.07, 6.45) is 0. The zero-order valence-electron chi connectivity index (χ0n) is 27.1. The molecule has 16 heteroatoms. The minimum Gasteiger partial charge on any atom is -0.378 e. The van der Waals surface area contributed by atoms with Crippen LogP contribution in [0, 0.1) is 0 Å². The van der Waals surface area contributed by atoms with Crippen molar-refractivity contribution in [2.45, 2.75) is 4.90 Å². The quantitative estimate of drug-likeness (QED) is 0.0759. The van der Waals surface area contributed by atoms with Crippen molar-refractivity contribution in [2.75, 3.05) is 159 Å². The molecule has 0 spiro atoms. The van der Waals surface area contributed by atoms with Gasteiger partial charge in [-0.15, -0.1) is 0 Å². The molecule has 0 unspecified atom stereocenters. The Morgan fingerprint density at radius 1 is 0.370 bits per heavy atom. The van der Waals surface area contributed by atoms with Crippen molar-refractivity contribution in [3.63, 3.8) is 0 Å². The molecule has 0 aliphatic carbocycles. The molecule has 1 aromatic carbocycles. The lowest BCUT2D eigenvalue weighted by atomic mass is 10.4. The molecule has 0 aromatic heterocycles. The van der Waals surface area contributed by atoms with E-state index in [0.29, 0.717) is 145 Å². The monoisotopic (exact) mass is 685 g/mol. The van der Waals surface area contributed by atoms with Gasteiger partial charge in [0, 0.05) is 6.54 Å². The van der Waals surface area contributed by atoms with Crippen molar-refractivity contribution in [2.24, 2.45) is 5.73 Å². The van der Waals surface area contributed by atoms with E-state index in [4.69, 9.17) is 62.0 Å². The van der Waals surface area contributed by atoms with Crippen LogP contribution in [0.3, 0.4) is 0 Å². The van der Waals surface area contributed by atoms with Crippen molar-refractivity contribution in [1.29, 1.82) is 0 Å². The molecule has 0 saturated carbocycles. The number of hydrogen-bond acceptors (Lipinski definition) is 15. The summed E-state index contributed by atoms with van der Waals surface area (Å²) in [5.41, 5.74) is 5.33. The second-order valence-electron chi connectivity index (χ2n) is 9.11. The standard InChI is InChI=1S/C30H55NO14S/c31-6-7-34-8-9-35-10-11-36-12-13-37-14-15-38-16-17-39-18-19-40-20-21-41-22-23-42-24-25-43-26-27-44-28-29-45-46(32,33)30-4-2-1-3-5-30/h1-5H,6-29,31H2. The molecule has 2 N–H and O–H groups in total. The Kier molecular flexibility index (Phi) is 31.1. The number of benzene rings is 1. The van der Waals surface area contributed by atoms with Gasteiger partial charge in [-0.05, 0) is 12.1 Å². The highest BCUT2D eigenvalue weighted by Gasteiger charge is 2.13. The smallest absolute Gasteiger partial charge is 0.297 e. The van der Waals surface area contributed by atoms with E-state index in [2.05, 4.69) is 0 Å². The lowest BCUT2D eigenvalue weighted by Gasteiger charge is -2.09. The van der Waals surface area contributed by atoms with Crippen LogP contribution in [0.2, 0.25) is 0 Å². The third kappa shape index (κ3) is 28.8. The van der Waals surface area contributed by atoms with Gasteiger partial charge in [0.25, 0.3) is 10.1 Å². The van der Waals surface area contributed by atoms with Crippen LogP contribution < -0.4 is 5.73 Å². The average Bonchev–Trinajstić information content (AvgIpc) is 3.07. The van der Waals surface area contributed by atoms with E-state index in [1.54, 1.807) is 18.2 Å². The highest BCUT2D eigenvalue weighted by molar-refractivity contribution is 7.86. The van der Waals surface area contributed by atoms with E-state index >= 15 is 0 Å². The van der Waals surface area contributed by atoms with E-state index in [1.165, 1.54) is 12.1 Å². The van der Waals surface area contributed by atoms with Crippen LogP contribution in [-0.4, -0.2) is 167 Å². The Labute approximate surface area is 274 Å². The molecule has 1 rings (SSSR count). The van der Waals surface area contributed by atoms with Crippen LogP contribution in [0.4, 0.5) is 0 Å². The fourth-order valence-electron chi connectivity index (χ4n) is 3.24. The Balaban J connectivity index is 1.66. The van der Waals surface area contributed by atoms with Gasteiger partial charge in [0.05, 0.1) is 157 Å². The Hall–Kier alpha value is -1.35. The van der Waals surface area contributed by atoms with E-state index < -0.39 is 10.1 Å². The number of rotatable bonds is 37. The molecule has 0 atom stereocenters. The lowest BCUT2D eigenvalue weighted by molar-refractivity contribution is -0.0276. The van der Waals surface area contributed by atoms with Crippen molar-refractivity contribution in [3.05, 3.63) is 30.3 Å². The number of ether oxygens (including phenoxy) is 11. The molecule has 0 aliphatic heterocycles. The Morgan fingerprint density at radius 2 is 0.609 bits per heavy atom. The predicted octanol–water partition coefficient (Wildman–Crippen LogP) is 0.533. The fourth-order valence-corrected chi connectivity index (χ4v) is 4.16. The first-order valence-electron chi connectivity index (χ1n) is 15.7. The highest BCUT2D eigenvalue weighted by Crippen LogP contribution is 2.10. The zero-order valence-corrected chi connectivity index (χ0v) is 27.9. The van der Waals surface area contributed by atoms with Crippen LogP contribution in [0.5, 0.6) is 0 Å². The molecule has 0 saturated heterocycles. The average molecular weight is 686 g/mol. The molecule has 270 valence electrons. The first-order valence-corrected chi connectivity index (χ1v) is 17.1. The van der Waals surface area contributed by atoms with Gasteiger partial charge < -0.3 is 57.8 Å². The predicted molar refractivity (Wildman–Crippen MR) is 168 cm³/mol. The van der Waals surface area contributed by atoms with E-state index in [9.17, 15) is 8.42 Å². The second kappa shape index (κ2) is 33.5. The molecule has 0 fully saturated rings. The van der Waals surface area contributed by atoms with Crippen LogP contribution in [0.1, 0.15) is 0 Å². The number of hydrogen-bond donors (Lipinski definition) is 1. The summed E-state index contributed by atoms with van der Waals surface area (Å²) in [4.78, 5) is 0.120. The number of nitrogens with two attached hydrogens (primary N) is 1. The first-order chi connectivity index (χ1) is 22.7. The van der Waals surface area contributed by atoms with Crippen LogP contribution in [0.25, 0.3) is 0 Å².